The van der Waals surface area contributed by atoms with Crippen molar-refractivity contribution in [1.29, 1.82) is 0 Å². The molecular weight excluding hydrogens is 286 g/mol. The van der Waals surface area contributed by atoms with Crippen LogP contribution >= 0.6 is 0 Å². The fourth-order valence-electron chi connectivity index (χ4n) is 2.36. The van der Waals surface area contributed by atoms with Crippen molar-refractivity contribution < 1.29 is 24.9 Å². The van der Waals surface area contributed by atoms with E-state index in [2.05, 4.69) is 4.98 Å². The van der Waals surface area contributed by atoms with Gasteiger partial charge in [-0.25, -0.2) is 4.79 Å². The van der Waals surface area contributed by atoms with E-state index in [4.69, 9.17) is 0 Å². The Balaban J connectivity index is 2.55. The fraction of sp³-hybridized carbons (Fsp3) is 0.312. The fourth-order valence-corrected chi connectivity index (χ4v) is 2.36. The molecule has 0 aromatic carbocycles. The predicted octanol–water partition coefficient (Wildman–Crippen LogP) is 2.02. The third kappa shape index (κ3) is 3.07. The van der Waals surface area contributed by atoms with E-state index in [1.54, 1.807) is 13.0 Å². The highest BCUT2D eigenvalue weighted by molar-refractivity contribution is 5.96. The van der Waals surface area contributed by atoms with E-state index in [9.17, 15) is 24.9 Å². The Kier molecular flexibility index (Phi) is 4.14. The summed E-state index contributed by atoms with van der Waals surface area (Å²) in [5, 5.41) is 28.2. The molecule has 0 saturated carbocycles. The van der Waals surface area contributed by atoms with Crippen molar-refractivity contribution in [3.63, 3.8) is 0 Å². The topological polar surface area (TPSA) is 108 Å². The van der Waals surface area contributed by atoms with Gasteiger partial charge in [-0.1, -0.05) is 6.08 Å². The number of aliphatic hydroxyl groups is 1. The molecule has 3 N–H and O–H groups in total. The van der Waals surface area contributed by atoms with Crippen LogP contribution in [0.2, 0.25) is 0 Å². The van der Waals surface area contributed by atoms with E-state index in [1.165, 1.54) is 31.5 Å². The van der Waals surface area contributed by atoms with Crippen molar-refractivity contribution in [2.45, 2.75) is 26.4 Å². The number of aliphatic hydroxyl groups excluding tert-OH is 1. The largest absolute Gasteiger partial charge is 0.481 e. The standard InChI is InChI=1S/C16H17NO5/c1-9(18)12-4-13(8-17-7-12)10-3-11(14(19)20)6-16(2,5-10)15(21)22/h3-5,7-9,18H,6H2,1-2H3,(H,19,20)(H,21,22)/t9?,16-/m1/s1. The van der Waals surface area contributed by atoms with Gasteiger partial charge in [-0.3, -0.25) is 9.78 Å². The monoisotopic (exact) mass is 303 g/mol. The molecule has 0 amide bonds. The number of carbonyl (C=O) groups is 2. The first kappa shape index (κ1) is 15.9. The predicted molar refractivity (Wildman–Crippen MR) is 78.9 cm³/mol. The van der Waals surface area contributed by atoms with E-state index in [-0.39, 0.29) is 12.0 Å². The van der Waals surface area contributed by atoms with Crippen molar-refractivity contribution >= 4 is 17.5 Å². The third-order valence-electron chi connectivity index (χ3n) is 3.70. The Morgan fingerprint density at radius 1 is 1.32 bits per heavy atom. The van der Waals surface area contributed by atoms with Crippen molar-refractivity contribution in [3.8, 4) is 0 Å². The van der Waals surface area contributed by atoms with Gasteiger partial charge in [0.2, 0.25) is 0 Å². The van der Waals surface area contributed by atoms with Gasteiger partial charge in [0.1, 0.15) is 0 Å². The molecule has 0 radical (unpaired) electrons. The zero-order chi connectivity index (χ0) is 16.5. The van der Waals surface area contributed by atoms with Crippen molar-refractivity contribution in [2.75, 3.05) is 0 Å². The van der Waals surface area contributed by atoms with E-state index in [0.29, 0.717) is 16.7 Å². The quantitative estimate of drug-likeness (QED) is 0.785. The molecule has 1 heterocycles. The average Bonchev–Trinajstić information content (AvgIpc) is 2.46. The molecule has 2 rings (SSSR count). The molecule has 2 atom stereocenters. The first-order valence-electron chi connectivity index (χ1n) is 6.76. The Labute approximate surface area is 127 Å². The molecule has 1 aromatic rings. The molecule has 0 fully saturated rings. The molecule has 0 spiro atoms. The summed E-state index contributed by atoms with van der Waals surface area (Å²) in [5.41, 5.74) is 0.363. The molecule has 0 aliphatic heterocycles. The van der Waals surface area contributed by atoms with E-state index < -0.39 is 23.5 Å². The average molecular weight is 303 g/mol. The molecule has 1 aliphatic rings. The van der Waals surface area contributed by atoms with Crippen molar-refractivity contribution in [2.24, 2.45) is 5.41 Å². The first-order chi connectivity index (χ1) is 10.2. The zero-order valence-corrected chi connectivity index (χ0v) is 12.3. The van der Waals surface area contributed by atoms with Gasteiger partial charge in [0.05, 0.1) is 11.5 Å². The number of rotatable bonds is 4. The van der Waals surface area contributed by atoms with E-state index in [0.717, 1.165) is 0 Å². The maximum Gasteiger partial charge on any atom is 0.331 e. The smallest absolute Gasteiger partial charge is 0.331 e. The summed E-state index contributed by atoms with van der Waals surface area (Å²) in [7, 11) is 0. The summed E-state index contributed by atoms with van der Waals surface area (Å²) in [4.78, 5) is 26.8. The molecular formula is C16H17NO5. The zero-order valence-electron chi connectivity index (χ0n) is 12.3. The summed E-state index contributed by atoms with van der Waals surface area (Å²) in [6.45, 7) is 3.08. The second-order valence-corrected chi connectivity index (χ2v) is 5.66. The molecule has 1 unspecified atom stereocenters. The number of aliphatic carboxylic acids is 2. The minimum absolute atomic E-state index is 0.0323. The number of nitrogens with zero attached hydrogens (tertiary/aromatic N) is 1. The van der Waals surface area contributed by atoms with Gasteiger partial charge < -0.3 is 15.3 Å². The normalized spacial score (nSPS) is 22.5. The molecule has 116 valence electrons. The number of carboxylic acids is 2. The Morgan fingerprint density at radius 2 is 2.00 bits per heavy atom. The Hall–Kier alpha value is -2.47. The van der Waals surface area contributed by atoms with E-state index in [1.807, 2.05) is 0 Å². The number of carboxylic acid groups (broad SMARTS) is 2. The third-order valence-corrected chi connectivity index (χ3v) is 3.70. The minimum Gasteiger partial charge on any atom is -0.481 e. The maximum atomic E-state index is 11.5. The van der Waals surface area contributed by atoms with Crippen molar-refractivity contribution in [1.82, 2.24) is 4.98 Å². The number of pyridine rings is 1. The molecule has 1 aromatic heterocycles. The maximum absolute atomic E-state index is 11.5. The minimum atomic E-state index is -1.29. The summed E-state index contributed by atoms with van der Waals surface area (Å²) < 4.78 is 0. The number of hydrogen-bond donors (Lipinski definition) is 3. The van der Waals surface area contributed by atoms with Gasteiger partial charge in [0.25, 0.3) is 0 Å². The van der Waals surface area contributed by atoms with Gasteiger partial charge in [-0.2, -0.15) is 0 Å². The van der Waals surface area contributed by atoms with Gasteiger partial charge >= 0.3 is 11.9 Å². The van der Waals surface area contributed by atoms with Crippen LogP contribution in [0.4, 0.5) is 0 Å². The van der Waals surface area contributed by atoms with Gasteiger partial charge in [-0.15, -0.1) is 0 Å². The highest BCUT2D eigenvalue weighted by Gasteiger charge is 2.36. The van der Waals surface area contributed by atoms with E-state index >= 15 is 0 Å². The summed E-state index contributed by atoms with van der Waals surface area (Å²) in [5.74, 6) is -2.23. The molecule has 0 saturated heterocycles. The molecule has 6 heteroatoms. The van der Waals surface area contributed by atoms with Crippen LogP contribution in [-0.4, -0.2) is 32.2 Å². The van der Waals surface area contributed by atoms with Crippen LogP contribution in [0.1, 0.15) is 37.5 Å². The summed E-state index contributed by atoms with van der Waals surface area (Å²) in [6, 6.07) is 1.67. The lowest BCUT2D eigenvalue weighted by Crippen LogP contribution is -2.29. The highest BCUT2D eigenvalue weighted by Crippen LogP contribution is 2.37. The molecule has 0 bridgehead atoms. The van der Waals surface area contributed by atoms with Gasteiger partial charge in [-0.05, 0) is 43.5 Å². The molecule has 22 heavy (non-hydrogen) atoms. The van der Waals surface area contributed by atoms with Crippen LogP contribution < -0.4 is 0 Å². The van der Waals surface area contributed by atoms with Crippen molar-refractivity contribution in [3.05, 3.63) is 47.3 Å². The summed E-state index contributed by atoms with van der Waals surface area (Å²) >= 11 is 0. The lowest BCUT2D eigenvalue weighted by atomic mass is 9.76. The van der Waals surface area contributed by atoms with Crippen LogP contribution in [0.5, 0.6) is 0 Å². The lowest BCUT2D eigenvalue weighted by Gasteiger charge is -2.26. The van der Waals surface area contributed by atoms with Crippen LogP contribution in [0, 0.1) is 5.41 Å². The second-order valence-electron chi connectivity index (χ2n) is 5.66. The van der Waals surface area contributed by atoms with Crippen LogP contribution in [0.25, 0.3) is 5.57 Å². The van der Waals surface area contributed by atoms with Gasteiger partial charge in [0.15, 0.2) is 0 Å². The van der Waals surface area contributed by atoms with Gasteiger partial charge in [0, 0.05) is 23.5 Å². The van der Waals surface area contributed by atoms with Crippen LogP contribution in [0.3, 0.4) is 0 Å². The Bertz CT molecular complexity index is 690. The highest BCUT2D eigenvalue weighted by atomic mass is 16.4. The lowest BCUT2D eigenvalue weighted by molar-refractivity contribution is -0.145. The van der Waals surface area contributed by atoms with Crippen LogP contribution in [-0.2, 0) is 9.59 Å². The number of allylic oxidation sites excluding steroid dienone is 2. The SMILES string of the molecule is CC(O)c1cncc(C2=C[C@@](C)(C(=O)O)CC(C(=O)O)=C2)c1. The number of aromatic nitrogens is 1. The molecule has 1 aliphatic carbocycles. The Morgan fingerprint density at radius 3 is 2.55 bits per heavy atom. The molecule has 6 nitrogen and oxygen atoms in total. The second kappa shape index (κ2) is 5.73. The van der Waals surface area contributed by atoms with Crippen LogP contribution in [0.15, 0.2) is 36.2 Å². The summed E-state index contributed by atoms with van der Waals surface area (Å²) in [6.07, 6.45) is 5.22. The first-order valence-corrected chi connectivity index (χ1v) is 6.76. The number of hydrogen-bond acceptors (Lipinski definition) is 4.